The SMILES string of the molecule is O=C1CCCc2[nH]c(=O)c(C(=O)NCCc3c[nH]c4ccccc34)cc21. The van der Waals surface area contributed by atoms with Gasteiger partial charge in [-0.2, -0.15) is 0 Å². The number of fused-ring (bicyclic) bond motifs is 2. The summed E-state index contributed by atoms with van der Waals surface area (Å²) in [5, 5.41) is 3.90. The fourth-order valence-corrected chi connectivity index (χ4v) is 3.49. The van der Waals surface area contributed by atoms with E-state index in [2.05, 4.69) is 15.3 Å². The summed E-state index contributed by atoms with van der Waals surface area (Å²) in [6, 6.07) is 9.41. The van der Waals surface area contributed by atoms with E-state index in [1.54, 1.807) is 0 Å². The van der Waals surface area contributed by atoms with Crippen LogP contribution in [0.5, 0.6) is 0 Å². The molecule has 6 nitrogen and oxygen atoms in total. The zero-order valence-corrected chi connectivity index (χ0v) is 14.2. The van der Waals surface area contributed by atoms with Crippen molar-refractivity contribution in [2.24, 2.45) is 0 Å². The van der Waals surface area contributed by atoms with Gasteiger partial charge >= 0.3 is 0 Å². The van der Waals surface area contributed by atoms with Crippen molar-refractivity contribution in [2.45, 2.75) is 25.7 Å². The molecule has 0 spiro atoms. The molecule has 2 heterocycles. The molecule has 0 saturated heterocycles. The summed E-state index contributed by atoms with van der Waals surface area (Å²) in [5.74, 6) is -0.470. The van der Waals surface area contributed by atoms with Gasteiger partial charge in [-0.3, -0.25) is 14.4 Å². The molecular weight excluding hydrogens is 330 g/mol. The Hall–Kier alpha value is -3.15. The number of Topliss-reactive ketones (excluding diaryl/α,β-unsaturated/α-hetero) is 1. The zero-order valence-electron chi connectivity index (χ0n) is 14.2. The number of hydrogen-bond acceptors (Lipinski definition) is 3. The van der Waals surface area contributed by atoms with E-state index < -0.39 is 11.5 Å². The summed E-state index contributed by atoms with van der Waals surface area (Å²) in [4.78, 5) is 42.5. The minimum Gasteiger partial charge on any atom is -0.361 e. The van der Waals surface area contributed by atoms with Crippen LogP contribution >= 0.6 is 0 Å². The Morgan fingerprint density at radius 3 is 2.88 bits per heavy atom. The van der Waals surface area contributed by atoms with Gasteiger partial charge in [0.2, 0.25) is 0 Å². The van der Waals surface area contributed by atoms with Gasteiger partial charge in [-0.05, 0) is 37.0 Å². The van der Waals surface area contributed by atoms with Gasteiger partial charge in [0.05, 0.1) is 0 Å². The number of hydrogen-bond donors (Lipinski definition) is 3. The normalized spacial score (nSPS) is 13.6. The topological polar surface area (TPSA) is 94.8 Å². The van der Waals surface area contributed by atoms with Crippen LogP contribution in [0.1, 0.15) is 44.8 Å². The molecule has 2 aromatic heterocycles. The number of benzene rings is 1. The molecule has 0 fully saturated rings. The van der Waals surface area contributed by atoms with Crippen molar-refractivity contribution in [3.05, 3.63) is 69.3 Å². The van der Waals surface area contributed by atoms with E-state index in [9.17, 15) is 14.4 Å². The fourth-order valence-electron chi connectivity index (χ4n) is 3.49. The number of carbonyl (C=O) groups excluding carboxylic acids is 2. The van der Waals surface area contributed by atoms with E-state index >= 15 is 0 Å². The number of H-pyrrole nitrogens is 2. The summed E-state index contributed by atoms with van der Waals surface area (Å²) in [7, 11) is 0. The van der Waals surface area contributed by atoms with E-state index in [1.165, 1.54) is 6.07 Å². The maximum Gasteiger partial charge on any atom is 0.261 e. The molecule has 3 N–H and O–H groups in total. The summed E-state index contributed by atoms with van der Waals surface area (Å²) in [5.41, 5.74) is 2.83. The monoisotopic (exact) mass is 349 g/mol. The van der Waals surface area contributed by atoms with Crippen molar-refractivity contribution < 1.29 is 9.59 Å². The highest BCUT2D eigenvalue weighted by Crippen LogP contribution is 2.19. The quantitative estimate of drug-likeness (QED) is 0.675. The number of carbonyl (C=O) groups is 2. The molecule has 0 atom stereocenters. The molecule has 0 bridgehead atoms. The van der Waals surface area contributed by atoms with E-state index in [4.69, 9.17) is 0 Å². The third-order valence-electron chi connectivity index (χ3n) is 4.85. The minimum atomic E-state index is -0.452. The Morgan fingerprint density at radius 1 is 1.15 bits per heavy atom. The molecule has 132 valence electrons. The lowest BCUT2D eigenvalue weighted by Crippen LogP contribution is -2.32. The van der Waals surface area contributed by atoms with E-state index in [0.29, 0.717) is 37.1 Å². The lowest BCUT2D eigenvalue weighted by atomic mass is 9.93. The van der Waals surface area contributed by atoms with Gasteiger partial charge in [0.25, 0.3) is 11.5 Å². The third kappa shape index (κ3) is 2.94. The molecule has 0 aliphatic heterocycles. The van der Waals surface area contributed by atoms with Crippen molar-refractivity contribution in [1.29, 1.82) is 0 Å². The summed E-state index contributed by atoms with van der Waals surface area (Å²) in [6.45, 7) is 0.408. The summed E-state index contributed by atoms with van der Waals surface area (Å²) >= 11 is 0. The van der Waals surface area contributed by atoms with Crippen LogP contribution in [0.4, 0.5) is 0 Å². The van der Waals surface area contributed by atoms with E-state index in [0.717, 1.165) is 22.9 Å². The van der Waals surface area contributed by atoms with Gasteiger partial charge in [-0.15, -0.1) is 0 Å². The van der Waals surface area contributed by atoms with Crippen LogP contribution in [0.2, 0.25) is 0 Å². The number of nitrogens with one attached hydrogen (secondary N) is 3. The van der Waals surface area contributed by atoms with Gasteiger partial charge in [0.1, 0.15) is 5.56 Å². The van der Waals surface area contributed by atoms with Crippen molar-refractivity contribution in [3.8, 4) is 0 Å². The molecule has 6 heteroatoms. The average molecular weight is 349 g/mol. The van der Waals surface area contributed by atoms with Crippen LogP contribution in [0, 0.1) is 0 Å². The number of aromatic amines is 2. The first kappa shape index (κ1) is 16.3. The second-order valence-corrected chi connectivity index (χ2v) is 6.55. The Bertz CT molecular complexity index is 1060. The molecular formula is C20H19N3O3. The standard InChI is InChI=1S/C20H19N3O3/c24-18-7-3-6-17-14(18)10-15(20(26)23-17)19(25)21-9-8-12-11-22-16-5-2-1-4-13(12)16/h1-2,4-5,10-11,22H,3,6-9H2,(H,21,25)(H,23,26). The second-order valence-electron chi connectivity index (χ2n) is 6.55. The van der Waals surface area contributed by atoms with Crippen LogP contribution in [0.15, 0.2) is 41.3 Å². The maximum atomic E-state index is 12.4. The molecule has 1 aromatic carbocycles. The molecule has 3 aromatic rings. The molecule has 1 aliphatic carbocycles. The van der Waals surface area contributed by atoms with Crippen LogP contribution in [-0.4, -0.2) is 28.2 Å². The van der Waals surface area contributed by atoms with Gasteiger partial charge in [-0.1, -0.05) is 18.2 Å². The fraction of sp³-hybridized carbons (Fsp3) is 0.250. The largest absolute Gasteiger partial charge is 0.361 e. The summed E-state index contributed by atoms with van der Waals surface area (Å²) < 4.78 is 0. The van der Waals surface area contributed by atoms with Gasteiger partial charge in [0, 0.05) is 41.3 Å². The molecule has 0 radical (unpaired) electrons. The zero-order chi connectivity index (χ0) is 18.1. The number of amides is 1. The van der Waals surface area contributed by atoms with Gasteiger partial charge in [0.15, 0.2) is 5.78 Å². The van der Waals surface area contributed by atoms with Crippen molar-refractivity contribution in [1.82, 2.24) is 15.3 Å². The molecule has 0 saturated carbocycles. The first-order valence-electron chi connectivity index (χ1n) is 8.76. The Morgan fingerprint density at radius 2 is 2.00 bits per heavy atom. The number of rotatable bonds is 4. The number of aryl methyl sites for hydroxylation is 1. The second kappa shape index (κ2) is 6.63. The molecule has 1 aliphatic rings. The van der Waals surface area contributed by atoms with Crippen LogP contribution in [0.3, 0.4) is 0 Å². The Balaban J connectivity index is 1.48. The number of aromatic nitrogens is 2. The van der Waals surface area contributed by atoms with Crippen molar-refractivity contribution >= 4 is 22.6 Å². The molecule has 26 heavy (non-hydrogen) atoms. The highest BCUT2D eigenvalue weighted by molar-refractivity contribution is 6.01. The van der Waals surface area contributed by atoms with E-state index in [1.807, 2.05) is 30.5 Å². The highest BCUT2D eigenvalue weighted by atomic mass is 16.2. The first-order valence-corrected chi connectivity index (χ1v) is 8.76. The van der Waals surface area contributed by atoms with Crippen LogP contribution < -0.4 is 10.9 Å². The van der Waals surface area contributed by atoms with Gasteiger partial charge in [-0.25, -0.2) is 0 Å². The number of pyridine rings is 1. The number of para-hydroxylation sites is 1. The predicted molar refractivity (Wildman–Crippen MR) is 98.7 cm³/mol. The predicted octanol–water partition coefficient (Wildman–Crippen LogP) is 2.35. The number of ketones is 1. The average Bonchev–Trinajstić information content (AvgIpc) is 3.05. The lowest BCUT2D eigenvalue weighted by molar-refractivity contribution is 0.0952. The van der Waals surface area contributed by atoms with Crippen molar-refractivity contribution in [3.63, 3.8) is 0 Å². The minimum absolute atomic E-state index is 0.00192. The van der Waals surface area contributed by atoms with Crippen LogP contribution in [0.25, 0.3) is 10.9 Å². The first-order chi connectivity index (χ1) is 12.6. The summed E-state index contributed by atoms with van der Waals surface area (Å²) in [6.07, 6.45) is 4.44. The van der Waals surface area contributed by atoms with E-state index in [-0.39, 0.29) is 11.3 Å². The molecule has 0 unspecified atom stereocenters. The van der Waals surface area contributed by atoms with Gasteiger partial charge < -0.3 is 15.3 Å². The molecule has 4 rings (SSSR count). The smallest absolute Gasteiger partial charge is 0.261 e. The Labute approximate surface area is 149 Å². The van der Waals surface area contributed by atoms with Crippen LogP contribution in [-0.2, 0) is 12.8 Å². The lowest BCUT2D eigenvalue weighted by Gasteiger charge is -2.15. The Kier molecular flexibility index (Phi) is 4.16. The van der Waals surface area contributed by atoms with Crippen molar-refractivity contribution in [2.75, 3.05) is 6.54 Å². The maximum absolute atomic E-state index is 12.4. The third-order valence-corrected chi connectivity index (χ3v) is 4.85. The molecule has 1 amide bonds. The highest BCUT2D eigenvalue weighted by Gasteiger charge is 2.21.